The Hall–Kier alpha value is -2.23. The molecule has 1 aromatic carbocycles. The molecule has 3 aromatic rings. The van der Waals surface area contributed by atoms with Crippen molar-refractivity contribution >= 4 is 11.0 Å². The zero-order valence-electron chi connectivity index (χ0n) is 7.91. The minimum absolute atomic E-state index is 0.735. The van der Waals surface area contributed by atoms with E-state index in [4.69, 9.17) is 0 Å². The highest BCUT2D eigenvalue weighted by Crippen LogP contribution is 2.10. The molecule has 15 heavy (non-hydrogen) atoms. The summed E-state index contributed by atoms with van der Waals surface area (Å²) in [5, 5.41) is 4.11. The molecule has 0 N–H and O–H groups in total. The van der Waals surface area contributed by atoms with Crippen LogP contribution in [0.1, 0.15) is 0 Å². The highest BCUT2D eigenvalue weighted by molar-refractivity contribution is 5.74. The fourth-order valence-electron chi connectivity index (χ4n) is 1.46. The number of benzene rings is 1. The first-order chi connectivity index (χ1) is 7.43. The van der Waals surface area contributed by atoms with Crippen LogP contribution in [0.3, 0.4) is 0 Å². The van der Waals surface area contributed by atoms with Crippen LogP contribution in [0.4, 0.5) is 0 Å². The summed E-state index contributed by atoms with van der Waals surface area (Å²) in [7, 11) is 0. The highest BCUT2D eigenvalue weighted by atomic mass is 15.3. The SMILES string of the molecule is c1ccc2nc(-n3cccn3)cnc2c1. The Morgan fingerprint density at radius 1 is 1.00 bits per heavy atom. The average Bonchev–Trinajstić information content (AvgIpc) is 2.82. The van der Waals surface area contributed by atoms with Gasteiger partial charge in [-0.15, -0.1) is 0 Å². The van der Waals surface area contributed by atoms with Gasteiger partial charge in [-0.2, -0.15) is 5.10 Å². The molecule has 0 aliphatic heterocycles. The Morgan fingerprint density at radius 3 is 2.67 bits per heavy atom. The van der Waals surface area contributed by atoms with E-state index >= 15 is 0 Å². The number of hydrogen-bond donors (Lipinski definition) is 0. The highest BCUT2D eigenvalue weighted by Gasteiger charge is 2.00. The molecule has 0 aliphatic rings. The second-order valence-electron chi connectivity index (χ2n) is 3.17. The van der Waals surface area contributed by atoms with Crippen molar-refractivity contribution in [2.24, 2.45) is 0 Å². The summed E-state index contributed by atoms with van der Waals surface area (Å²) in [5.41, 5.74) is 1.78. The van der Waals surface area contributed by atoms with E-state index in [2.05, 4.69) is 15.1 Å². The van der Waals surface area contributed by atoms with Crippen LogP contribution in [-0.2, 0) is 0 Å². The third-order valence-electron chi connectivity index (χ3n) is 2.17. The second-order valence-corrected chi connectivity index (χ2v) is 3.17. The summed E-state index contributed by atoms with van der Waals surface area (Å²) >= 11 is 0. The Balaban J connectivity index is 2.22. The number of aromatic nitrogens is 4. The van der Waals surface area contributed by atoms with Gasteiger partial charge in [-0.1, -0.05) is 12.1 Å². The molecule has 2 aromatic heterocycles. The molecule has 0 aliphatic carbocycles. The van der Waals surface area contributed by atoms with Crippen molar-refractivity contribution in [2.75, 3.05) is 0 Å². The third-order valence-corrected chi connectivity index (χ3v) is 2.17. The van der Waals surface area contributed by atoms with E-state index in [1.807, 2.05) is 36.5 Å². The zero-order chi connectivity index (χ0) is 10.1. The van der Waals surface area contributed by atoms with E-state index in [9.17, 15) is 0 Å². The average molecular weight is 196 g/mol. The number of para-hydroxylation sites is 2. The van der Waals surface area contributed by atoms with Crippen molar-refractivity contribution in [3.63, 3.8) is 0 Å². The number of hydrogen-bond acceptors (Lipinski definition) is 3. The summed E-state index contributed by atoms with van der Waals surface area (Å²) in [4.78, 5) is 8.77. The molecule has 0 bridgehead atoms. The molecular weight excluding hydrogens is 188 g/mol. The van der Waals surface area contributed by atoms with Gasteiger partial charge in [-0.25, -0.2) is 9.67 Å². The van der Waals surface area contributed by atoms with E-state index in [0.717, 1.165) is 16.9 Å². The van der Waals surface area contributed by atoms with Crippen LogP contribution in [0.15, 0.2) is 48.9 Å². The molecule has 0 fully saturated rings. The zero-order valence-corrected chi connectivity index (χ0v) is 7.91. The first kappa shape index (κ1) is 8.11. The van der Waals surface area contributed by atoms with Gasteiger partial charge in [-0.05, 0) is 18.2 Å². The van der Waals surface area contributed by atoms with Gasteiger partial charge >= 0.3 is 0 Å². The number of rotatable bonds is 1. The van der Waals surface area contributed by atoms with E-state index in [1.165, 1.54) is 0 Å². The van der Waals surface area contributed by atoms with Crippen molar-refractivity contribution in [1.82, 2.24) is 19.7 Å². The minimum atomic E-state index is 0.735. The Labute approximate surface area is 86.2 Å². The fourth-order valence-corrected chi connectivity index (χ4v) is 1.46. The molecule has 0 saturated carbocycles. The van der Waals surface area contributed by atoms with Gasteiger partial charge in [0.1, 0.15) is 0 Å². The van der Waals surface area contributed by atoms with E-state index in [1.54, 1.807) is 17.1 Å². The molecule has 0 saturated heterocycles. The summed E-state index contributed by atoms with van der Waals surface area (Å²) in [6.45, 7) is 0. The molecule has 3 rings (SSSR count). The number of nitrogens with zero attached hydrogens (tertiary/aromatic N) is 4. The molecular formula is C11H8N4. The van der Waals surface area contributed by atoms with Crippen LogP contribution >= 0.6 is 0 Å². The third kappa shape index (κ3) is 1.36. The minimum Gasteiger partial charge on any atom is -0.251 e. The fraction of sp³-hybridized carbons (Fsp3) is 0. The molecule has 0 spiro atoms. The topological polar surface area (TPSA) is 43.6 Å². The predicted octanol–water partition coefficient (Wildman–Crippen LogP) is 1.82. The first-order valence-electron chi connectivity index (χ1n) is 4.65. The van der Waals surface area contributed by atoms with Crippen molar-refractivity contribution < 1.29 is 0 Å². The predicted molar refractivity (Wildman–Crippen MR) is 56.7 cm³/mol. The standard InChI is InChI=1S/C11H8N4/c1-2-5-10-9(4-1)12-8-11(14-10)15-7-3-6-13-15/h1-8H. The van der Waals surface area contributed by atoms with Crippen LogP contribution < -0.4 is 0 Å². The maximum Gasteiger partial charge on any atom is 0.172 e. The largest absolute Gasteiger partial charge is 0.251 e. The molecule has 0 atom stereocenters. The van der Waals surface area contributed by atoms with Gasteiger partial charge in [0.25, 0.3) is 0 Å². The normalized spacial score (nSPS) is 10.7. The summed E-state index contributed by atoms with van der Waals surface area (Å²) < 4.78 is 1.69. The lowest BCUT2D eigenvalue weighted by Gasteiger charge is -2.01. The van der Waals surface area contributed by atoms with Gasteiger partial charge in [0.2, 0.25) is 0 Å². The summed E-state index contributed by atoms with van der Waals surface area (Å²) in [6.07, 6.45) is 5.28. The molecule has 72 valence electrons. The van der Waals surface area contributed by atoms with Crippen molar-refractivity contribution in [2.45, 2.75) is 0 Å². The van der Waals surface area contributed by atoms with Crippen LogP contribution in [0.2, 0.25) is 0 Å². The Morgan fingerprint density at radius 2 is 1.87 bits per heavy atom. The maximum absolute atomic E-state index is 4.46. The Kier molecular flexibility index (Phi) is 1.71. The molecule has 0 unspecified atom stereocenters. The lowest BCUT2D eigenvalue weighted by molar-refractivity contribution is 0.846. The van der Waals surface area contributed by atoms with E-state index in [-0.39, 0.29) is 0 Å². The summed E-state index contributed by atoms with van der Waals surface area (Å²) in [5.74, 6) is 0.735. The van der Waals surface area contributed by atoms with Gasteiger partial charge in [0.15, 0.2) is 5.82 Å². The molecule has 4 heteroatoms. The quantitative estimate of drug-likeness (QED) is 0.596. The van der Waals surface area contributed by atoms with Gasteiger partial charge in [-0.3, -0.25) is 4.98 Å². The second kappa shape index (κ2) is 3.16. The first-order valence-corrected chi connectivity index (χ1v) is 4.65. The maximum atomic E-state index is 4.46. The van der Waals surface area contributed by atoms with Crippen LogP contribution in [0.5, 0.6) is 0 Å². The van der Waals surface area contributed by atoms with Crippen LogP contribution in [0.25, 0.3) is 16.9 Å². The van der Waals surface area contributed by atoms with Crippen LogP contribution in [-0.4, -0.2) is 19.7 Å². The lowest BCUT2D eigenvalue weighted by Crippen LogP contribution is -1.98. The smallest absolute Gasteiger partial charge is 0.172 e. The van der Waals surface area contributed by atoms with E-state index in [0.29, 0.717) is 0 Å². The van der Waals surface area contributed by atoms with Crippen LogP contribution in [0, 0.1) is 0 Å². The van der Waals surface area contributed by atoms with Crippen molar-refractivity contribution in [1.29, 1.82) is 0 Å². The van der Waals surface area contributed by atoms with Crippen molar-refractivity contribution in [3.8, 4) is 5.82 Å². The van der Waals surface area contributed by atoms with Crippen molar-refractivity contribution in [3.05, 3.63) is 48.9 Å². The summed E-state index contributed by atoms with van der Waals surface area (Å²) in [6, 6.07) is 9.63. The molecule has 2 heterocycles. The monoisotopic (exact) mass is 196 g/mol. The number of fused-ring (bicyclic) bond motifs is 1. The molecule has 0 radical (unpaired) electrons. The lowest BCUT2D eigenvalue weighted by atomic mass is 10.3. The van der Waals surface area contributed by atoms with Gasteiger partial charge < -0.3 is 0 Å². The van der Waals surface area contributed by atoms with Gasteiger partial charge in [0.05, 0.1) is 17.2 Å². The van der Waals surface area contributed by atoms with Gasteiger partial charge in [0, 0.05) is 12.4 Å². The molecule has 4 nitrogen and oxygen atoms in total. The molecule has 0 amide bonds. The Bertz CT molecular complexity index is 586. The van der Waals surface area contributed by atoms with E-state index < -0.39 is 0 Å².